The van der Waals surface area contributed by atoms with Crippen molar-refractivity contribution in [3.8, 4) is 0 Å². The fourth-order valence-corrected chi connectivity index (χ4v) is 3.89. The number of thiazole rings is 1. The van der Waals surface area contributed by atoms with Crippen LogP contribution >= 0.6 is 11.3 Å². The molecule has 0 radical (unpaired) electrons. The maximum absolute atomic E-state index is 12.9. The number of carbonyl (C=O) groups excluding carboxylic acids is 2. The third-order valence-corrected chi connectivity index (χ3v) is 5.43. The monoisotopic (exact) mass is 403 g/mol. The number of aliphatic carboxylic acids is 1. The Bertz CT molecular complexity index is 788. The molecule has 0 unspecified atom stereocenters. The zero-order valence-electron chi connectivity index (χ0n) is 16.6. The lowest BCUT2D eigenvalue weighted by atomic mass is 9.76. The van der Waals surface area contributed by atoms with Crippen LogP contribution in [0.2, 0.25) is 0 Å². The molecule has 0 saturated carbocycles. The Morgan fingerprint density at radius 1 is 1.21 bits per heavy atom. The molecule has 2 aromatic rings. The summed E-state index contributed by atoms with van der Waals surface area (Å²) in [7, 11) is 0. The Balaban J connectivity index is 2.34. The molecular formula is C21H27N2O4S-. The van der Waals surface area contributed by atoms with Gasteiger partial charge in [-0.05, 0) is 45.2 Å². The molecule has 6 nitrogen and oxygen atoms in total. The second-order valence-electron chi connectivity index (χ2n) is 6.81. The van der Waals surface area contributed by atoms with E-state index >= 15 is 0 Å². The van der Waals surface area contributed by atoms with Gasteiger partial charge in [-0.15, -0.1) is 11.3 Å². The maximum atomic E-state index is 12.9. The smallest absolute Gasteiger partial charge is 0.318 e. The summed E-state index contributed by atoms with van der Waals surface area (Å²) in [6, 6.07) is 7.92. The van der Waals surface area contributed by atoms with E-state index in [-0.39, 0.29) is 19.4 Å². The number of nitrogens with one attached hydrogen (secondary N) is 1. The number of esters is 1. The van der Waals surface area contributed by atoms with Gasteiger partial charge in [-0.2, -0.15) is 0 Å². The van der Waals surface area contributed by atoms with E-state index in [9.17, 15) is 14.7 Å². The van der Waals surface area contributed by atoms with Gasteiger partial charge in [0.1, 0.15) is 5.41 Å². The zero-order valence-corrected chi connectivity index (χ0v) is 17.4. The maximum Gasteiger partial charge on any atom is 0.318 e. The molecule has 0 saturated heterocycles. The van der Waals surface area contributed by atoms with Crippen molar-refractivity contribution >= 4 is 34.1 Å². The number of anilines is 2. The number of benzene rings is 1. The molecule has 28 heavy (non-hydrogen) atoms. The van der Waals surface area contributed by atoms with Gasteiger partial charge >= 0.3 is 5.97 Å². The number of aromatic nitrogens is 1. The van der Waals surface area contributed by atoms with Crippen molar-refractivity contribution in [2.45, 2.75) is 58.3 Å². The summed E-state index contributed by atoms with van der Waals surface area (Å²) >= 11 is 1.39. The van der Waals surface area contributed by atoms with Gasteiger partial charge in [-0.1, -0.05) is 37.5 Å². The number of aryl methyl sites for hydroxylation is 1. The Kier molecular flexibility index (Phi) is 7.99. The third-order valence-electron chi connectivity index (χ3n) is 4.68. The van der Waals surface area contributed by atoms with Gasteiger partial charge in [-0.3, -0.25) is 4.79 Å². The summed E-state index contributed by atoms with van der Waals surface area (Å²) in [5, 5.41) is 16.8. The number of carboxylic acid groups (broad SMARTS) is 1. The first-order valence-corrected chi connectivity index (χ1v) is 10.5. The van der Waals surface area contributed by atoms with Gasteiger partial charge < -0.3 is 20.0 Å². The molecule has 1 atom stereocenters. The first-order valence-electron chi connectivity index (χ1n) is 9.58. The summed E-state index contributed by atoms with van der Waals surface area (Å²) in [6.07, 6.45) is 2.03. The first-order chi connectivity index (χ1) is 13.4. The van der Waals surface area contributed by atoms with E-state index in [0.29, 0.717) is 17.2 Å². The average molecular weight is 404 g/mol. The van der Waals surface area contributed by atoms with Gasteiger partial charge in [0, 0.05) is 17.0 Å². The Morgan fingerprint density at radius 2 is 1.93 bits per heavy atom. The molecule has 1 heterocycles. The number of ether oxygens (including phenoxy) is 1. The summed E-state index contributed by atoms with van der Waals surface area (Å²) < 4.78 is 5.32. The van der Waals surface area contributed by atoms with Crippen molar-refractivity contribution in [2.24, 2.45) is 0 Å². The average Bonchev–Trinajstić information content (AvgIpc) is 3.13. The molecule has 152 valence electrons. The van der Waals surface area contributed by atoms with Gasteiger partial charge in [0.2, 0.25) is 0 Å². The lowest BCUT2D eigenvalue weighted by molar-refractivity contribution is -0.306. The molecule has 0 aliphatic rings. The van der Waals surface area contributed by atoms with Crippen LogP contribution in [0.4, 0.5) is 10.8 Å². The van der Waals surface area contributed by atoms with Gasteiger partial charge in [0.15, 0.2) is 5.13 Å². The minimum atomic E-state index is -1.18. The summed E-state index contributed by atoms with van der Waals surface area (Å²) in [4.78, 5) is 28.6. The van der Waals surface area contributed by atoms with Crippen molar-refractivity contribution in [1.82, 2.24) is 4.98 Å². The summed E-state index contributed by atoms with van der Waals surface area (Å²) in [5.41, 5.74) is 1.54. The molecule has 0 spiro atoms. The van der Waals surface area contributed by atoms with Crippen LogP contribution in [0.3, 0.4) is 0 Å². The highest BCUT2D eigenvalue weighted by molar-refractivity contribution is 7.13. The van der Waals surface area contributed by atoms with Crippen LogP contribution in [-0.4, -0.2) is 23.5 Å². The first kappa shape index (κ1) is 21.9. The van der Waals surface area contributed by atoms with Crippen molar-refractivity contribution in [3.63, 3.8) is 0 Å². The zero-order chi connectivity index (χ0) is 20.6. The molecule has 1 aromatic heterocycles. The third kappa shape index (κ3) is 5.55. The number of unbranched alkanes of at least 4 members (excludes halogenated alkanes) is 1. The van der Waals surface area contributed by atoms with E-state index in [1.165, 1.54) is 11.3 Å². The van der Waals surface area contributed by atoms with Crippen molar-refractivity contribution in [3.05, 3.63) is 40.9 Å². The number of hydrogen-bond donors (Lipinski definition) is 1. The molecule has 1 N–H and O–H groups in total. The SMILES string of the molecule is CCCC[C@](CCC(=O)[O-])(C(=O)OCC)c1csc(Nc2ccc(C)cc2)n1. The molecule has 0 fully saturated rings. The highest BCUT2D eigenvalue weighted by atomic mass is 32.1. The van der Waals surface area contributed by atoms with E-state index in [4.69, 9.17) is 4.74 Å². The van der Waals surface area contributed by atoms with Crippen LogP contribution in [0.15, 0.2) is 29.6 Å². The van der Waals surface area contributed by atoms with Crippen LogP contribution in [0.5, 0.6) is 0 Å². The van der Waals surface area contributed by atoms with E-state index in [1.54, 1.807) is 6.92 Å². The largest absolute Gasteiger partial charge is 0.550 e. The number of nitrogens with zero attached hydrogens (tertiary/aromatic N) is 1. The molecule has 0 amide bonds. The minimum Gasteiger partial charge on any atom is -0.550 e. The quantitative estimate of drug-likeness (QED) is 0.575. The number of carboxylic acids is 1. The van der Waals surface area contributed by atoms with Crippen LogP contribution in [0, 0.1) is 6.92 Å². The Morgan fingerprint density at radius 3 is 2.54 bits per heavy atom. The second-order valence-corrected chi connectivity index (χ2v) is 7.67. The van der Waals surface area contributed by atoms with E-state index in [1.807, 2.05) is 43.5 Å². The molecule has 0 aliphatic heterocycles. The standard InChI is InChI=1S/C21H28N2O4S/c1-4-6-12-21(13-11-18(24)25,19(26)27-5-2)17-14-28-20(23-17)22-16-9-7-15(3)8-10-16/h7-10,14H,4-6,11-13H2,1-3H3,(H,22,23)(H,24,25)/p-1/t21-/m1/s1. The predicted molar refractivity (Wildman–Crippen MR) is 109 cm³/mol. The Labute approximate surface area is 170 Å². The lowest BCUT2D eigenvalue weighted by Gasteiger charge is -2.30. The molecule has 2 rings (SSSR count). The highest BCUT2D eigenvalue weighted by Gasteiger charge is 2.43. The van der Waals surface area contributed by atoms with Crippen molar-refractivity contribution in [2.75, 3.05) is 11.9 Å². The molecule has 0 bridgehead atoms. The van der Waals surface area contributed by atoms with Crippen LogP contribution in [-0.2, 0) is 19.7 Å². The van der Waals surface area contributed by atoms with Crippen LogP contribution in [0.1, 0.15) is 57.2 Å². The summed E-state index contributed by atoms with van der Waals surface area (Å²) in [6.45, 7) is 6.02. The molecule has 7 heteroatoms. The fourth-order valence-electron chi connectivity index (χ4n) is 3.06. The van der Waals surface area contributed by atoms with Crippen molar-refractivity contribution < 1.29 is 19.4 Å². The number of rotatable bonds is 11. The predicted octanol–water partition coefficient (Wildman–Crippen LogP) is 3.72. The highest BCUT2D eigenvalue weighted by Crippen LogP contribution is 2.38. The van der Waals surface area contributed by atoms with Gasteiger partial charge in [0.25, 0.3) is 0 Å². The molecule has 0 aliphatic carbocycles. The fraction of sp³-hybridized carbons (Fsp3) is 0.476. The minimum absolute atomic E-state index is 0.113. The number of hydrogen-bond acceptors (Lipinski definition) is 7. The van der Waals surface area contributed by atoms with Crippen LogP contribution < -0.4 is 10.4 Å². The normalized spacial score (nSPS) is 13.0. The topological polar surface area (TPSA) is 91.3 Å². The Hall–Kier alpha value is -2.41. The lowest BCUT2D eigenvalue weighted by Crippen LogP contribution is -2.40. The molecular weight excluding hydrogens is 376 g/mol. The van der Waals surface area contributed by atoms with Crippen LogP contribution in [0.25, 0.3) is 0 Å². The molecule has 1 aromatic carbocycles. The second kappa shape index (κ2) is 10.2. The van der Waals surface area contributed by atoms with Crippen molar-refractivity contribution in [1.29, 1.82) is 0 Å². The number of carbonyl (C=O) groups is 2. The van der Waals surface area contributed by atoms with E-state index in [2.05, 4.69) is 10.3 Å². The van der Waals surface area contributed by atoms with E-state index in [0.717, 1.165) is 24.1 Å². The van der Waals surface area contributed by atoms with E-state index < -0.39 is 17.4 Å². The van der Waals surface area contributed by atoms with Gasteiger partial charge in [-0.25, -0.2) is 4.98 Å². The van der Waals surface area contributed by atoms with Gasteiger partial charge in [0.05, 0.1) is 12.3 Å². The summed E-state index contributed by atoms with van der Waals surface area (Å²) in [5.74, 6) is -1.60.